The first-order valence-corrected chi connectivity index (χ1v) is 12.5. The monoisotopic (exact) mass is 537 g/mol. The molecule has 204 valence electrons. The highest BCUT2D eigenvalue weighted by atomic mass is 32.1. The molecule has 1 heterocycles. The number of thiol groups is 1. The van der Waals surface area contributed by atoms with Crippen LogP contribution in [0.2, 0.25) is 0 Å². The third-order valence-electron chi connectivity index (χ3n) is 5.92. The average molecular weight is 538 g/mol. The number of phenols is 1. The summed E-state index contributed by atoms with van der Waals surface area (Å²) in [5, 5.41) is 24.2. The summed E-state index contributed by atoms with van der Waals surface area (Å²) >= 11 is 4.01. The van der Waals surface area contributed by atoms with E-state index in [-0.39, 0.29) is 43.4 Å². The Hall–Kier alpha value is -3.52. The fraction of sp³-hybridized carbons (Fsp3) is 0.522. The van der Waals surface area contributed by atoms with Crippen LogP contribution >= 0.6 is 12.6 Å². The molecule has 0 spiro atoms. The number of carbonyl (C=O) groups excluding carboxylic acids is 3. The van der Waals surface area contributed by atoms with E-state index in [1.54, 1.807) is 12.1 Å². The Labute approximate surface area is 220 Å². The van der Waals surface area contributed by atoms with Crippen LogP contribution in [0.15, 0.2) is 29.3 Å². The Bertz CT molecular complexity index is 986. The van der Waals surface area contributed by atoms with Gasteiger partial charge in [0, 0.05) is 25.3 Å². The Morgan fingerprint density at radius 2 is 1.81 bits per heavy atom. The molecular weight excluding hydrogens is 502 g/mol. The molecule has 0 aromatic heterocycles. The Kier molecular flexibility index (Phi) is 11.5. The summed E-state index contributed by atoms with van der Waals surface area (Å²) in [4.78, 5) is 55.9. The SMILES string of the molecule is NC(N)=NCCCC(NC(=O)C(N)CS)C(=O)N1CCCC1C(=O)NC(Cc1ccc(O)cc1)C(=O)O. The molecule has 10 N–H and O–H groups in total. The van der Waals surface area contributed by atoms with Gasteiger partial charge >= 0.3 is 5.97 Å². The molecule has 0 saturated carbocycles. The van der Waals surface area contributed by atoms with Crippen LogP contribution in [0.4, 0.5) is 0 Å². The predicted molar refractivity (Wildman–Crippen MR) is 140 cm³/mol. The van der Waals surface area contributed by atoms with Gasteiger partial charge in [-0.15, -0.1) is 0 Å². The number of aliphatic carboxylic acids is 1. The number of nitrogens with one attached hydrogen (secondary N) is 2. The minimum atomic E-state index is -1.24. The summed E-state index contributed by atoms with van der Waals surface area (Å²) in [6.45, 7) is 0.508. The van der Waals surface area contributed by atoms with Gasteiger partial charge in [0.1, 0.15) is 23.9 Å². The van der Waals surface area contributed by atoms with E-state index in [0.717, 1.165) is 0 Å². The van der Waals surface area contributed by atoms with Crippen LogP contribution in [-0.2, 0) is 25.6 Å². The minimum Gasteiger partial charge on any atom is -0.508 e. The number of amides is 3. The summed E-state index contributed by atoms with van der Waals surface area (Å²) < 4.78 is 0. The molecule has 0 bridgehead atoms. The van der Waals surface area contributed by atoms with Crippen molar-refractivity contribution < 1.29 is 29.4 Å². The number of guanidine groups is 1. The van der Waals surface area contributed by atoms with Gasteiger partial charge in [-0.3, -0.25) is 19.4 Å². The van der Waals surface area contributed by atoms with Gasteiger partial charge in [-0.2, -0.15) is 12.6 Å². The van der Waals surface area contributed by atoms with Gasteiger partial charge in [0.25, 0.3) is 0 Å². The molecule has 1 aliphatic heterocycles. The maximum Gasteiger partial charge on any atom is 0.326 e. The number of nitrogens with two attached hydrogens (primary N) is 3. The van der Waals surface area contributed by atoms with E-state index in [1.165, 1.54) is 17.0 Å². The smallest absolute Gasteiger partial charge is 0.326 e. The summed E-state index contributed by atoms with van der Waals surface area (Å²) in [5.41, 5.74) is 17.0. The quantitative estimate of drug-likeness (QED) is 0.0619. The molecule has 1 fully saturated rings. The summed E-state index contributed by atoms with van der Waals surface area (Å²) in [6.07, 6.45) is 1.44. The third kappa shape index (κ3) is 9.13. The zero-order chi connectivity index (χ0) is 27.5. The van der Waals surface area contributed by atoms with E-state index < -0.39 is 47.9 Å². The first kappa shape index (κ1) is 29.7. The molecule has 1 saturated heterocycles. The maximum absolute atomic E-state index is 13.4. The van der Waals surface area contributed by atoms with Gasteiger partial charge in [0.05, 0.1) is 6.04 Å². The number of rotatable bonds is 13. The van der Waals surface area contributed by atoms with Crippen molar-refractivity contribution in [3.8, 4) is 5.75 Å². The van der Waals surface area contributed by atoms with E-state index in [9.17, 15) is 29.4 Å². The minimum absolute atomic E-state index is 0.00684. The highest BCUT2D eigenvalue weighted by Gasteiger charge is 2.39. The van der Waals surface area contributed by atoms with Crippen LogP contribution in [0.3, 0.4) is 0 Å². The number of carboxylic acid groups (broad SMARTS) is 1. The second kappa shape index (κ2) is 14.3. The molecule has 37 heavy (non-hydrogen) atoms. The number of nitrogens with zero attached hydrogens (tertiary/aromatic N) is 2. The zero-order valence-electron chi connectivity index (χ0n) is 20.4. The van der Waals surface area contributed by atoms with Crippen LogP contribution in [0.25, 0.3) is 0 Å². The maximum atomic E-state index is 13.4. The van der Waals surface area contributed by atoms with Crippen molar-refractivity contribution >= 4 is 42.3 Å². The summed E-state index contributed by atoms with van der Waals surface area (Å²) in [7, 11) is 0. The normalized spacial score (nSPS) is 17.4. The van der Waals surface area contributed by atoms with E-state index in [4.69, 9.17) is 17.2 Å². The number of hydrogen-bond donors (Lipinski definition) is 8. The lowest BCUT2D eigenvalue weighted by Gasteiger charge is -2.30. The van der Waals surface area contributed by atoms with Gasteiger partial charge < -0.3 is 42.9 Å². The van der Waals surface area contributed by atoms with E-state index in [2.05, 4.69) is 28.3 Å². The van der Waals surface area contributed by atoms with Crippen molar-refractivity contribution in [3.63, 3.8) is 0 Å². The summed E-state index contributed by atoms with van der Waals surface area (Å²) in [5.74, 6) is -2.86. The van der Waals surface area contributed by atoms with Crippen molar-refractivity contribution in [1.82, 2.24) is 15.5 Å². The number of phenolic OH excluding ortho intramolecular Hbond substituents is 1. The molecule has 4 unspecified atom stereocenters. The fourth-order valence-corrected chi connectivity index (χ4v) is 4.13. The second-order valence-corrected chi connectivity index (χ2v) is 9.12. The Balaban J connectivity index is 2.13. The van der Waals surface area contributed by atoms with E-state index >= 15 is 0 Å². The molecule has 1 aromatic rings. The molecular formula is C23H35N7O6S. The van der Waals surface area contributed by atoms with Crippen molar-refractivity contribution in [2.24, 2.45) is 22.2 Å². The van der Waals surface area contributed by atoms with Crippen molar-refractivity contribution in [3.05, 3.63) is 29.8 Å². The number of carboxylic acids is 1. The Morgan fingerprint density at radius 3 is 2.41 bits per heavy atom. The second-order valence-electron chi connectivity index (χ2n) is 8.76. The number of aromatic hydroxyl groups is 1. The van der Waals surface area contributed by atoms with E-state index in [1.807, 2.05) is 0 Å². The van der Waals surface area contributed by atoms with Gasteiger partial charge in [-0.05, 0) is 43.4 Å². The molecule has 3 amide bonds. The van der Waals surface area contributed by atoms with Crippen LogP contribution < -0.4 is 27.8 Å². The third-order valence-corrected chi connectivity index (χ3v) is 6.32. The molecule has 4 atom stereocenters. The predicted octanol–water partition coefficient (Wildman–Crippen LogP) is -1.71. The lowest BCUT2D eigenvalue weighted by atomic mass is 10.0. The van der Waals surface area contributed by atoms with Gasteiger partial charge in [-0.1, -0.05) is 12.1 Å². The van der Waals surface area contributed by atoms with Crippen molar-refractivity contribution in [2.45, 2.75) is 56.3 Å². The van der Waals surface area contributed by atoms with Crippen LogP contribution in [0.1, 0.15) is 31.2 Å². The first-order valence-electron chi connectivity index (χ1n) is 11.9. The summed E-state index contributed by atoms with van der Waals surface area (Å²) in [6, 6.07) is 1.94. The number of aliphatic imine (C=N–C) groups is 1. The molecule has 13 nitrogen and oxygen atoms in total. The van der Waals surface area contributed by atoms with Crippen LogP contribution in [0, 0.1) is 0 Å². The van der Waals surface area contributed by atoms with Gasteiger partial charge in [-0.25, -0.2) is 4.79 Å². The lowest BCUT2D eigenvalue weighted by molar-refractivity contribution is -0.145. The fourth-order valence-electron chi connectivity index (χ4n) is 3.96. The molecule has 0 radical (unpaired) electrons. The zero-order valence-corrected chi connectivity index (χ0v) is 21.3. The molecule has 1 aromatic carbocycles. The largest absolute Gasteiger partial charge is 0.508 e. The van der Waals surface area contributed by atoms with Crippen molar-refractivity contribution in [2.75, 3.05) is 18.8 Å². The number of carbonyl (C=O) groups is 4. The number of likely N-dealkylation sites (tertiary alicyclic amines) is 1. The number of hydrogen-bond acceptors (Lipinski definition) is 8. The highest BCUT2D eigenvalue weighted by molar-refractivity contribution is 7.80. The Morgan fingerprint density at radius 1 is 1.14 bits per heavy atom. The molecule has 14 heteroatoms. The first-order chi connectivity index (χ1) is 17.5. The highest BCUT2D eigenvalue weighted by Crippen LogP contribution is 2.20. The standard InChI is InChI=1S/C23H35N7O6S/c24-15(12-37)19(32)28-16(3-1-9-27-23(25)26)21(34)30-10-2-4-18(30)20(33)29-17(22(35)36)11-13-5-7-14(31)8-6-13/h5-8,15-18,31,37H,1-4,9-12,24H2,(H,28,32)(H,29,33)(H,35,36)(H4,25,26,27). The molecule has 1 aliphatic rings. The topological polar surface area (TPSA) is 226 Å². The van der Waals surface area contributed by atoms with Gasteiger partial charge in [0.2, 0.25) is 17.7 Å². The van der Waals surface area contributed by atoms with Gasteiger partial charge in [0.15, 0.2) is 5.96 Å². The molecule has 2 rings (SSSR count). The molecule has 0 aliphatic carbocycles. The van der Waals surface area contributed by atoms with Crippen molar-refractivity contribution in [1.29, 1.82) is 0 Å². The lowest BCUT2D eigenvalue weighted by Crippen LogP contribution is -2.57. The van der Waals surface area contributed by atoms with Crippen LogP contribution in [0.5, 0.6) is 5.75 Å². The average Bonchev–Trinajstić information content (AvgIpc) is 3.35. The van der Waals surface area contributed by atoms with E-state index in [0.29, 0.717) is 24.8 Å². The van der Waals surface area contributed by atoms with Crippen LogP contribution in [-0.4, -0.2) is 87.8 Å². The number of benzene rings is 1.